The first kappa shape index (κ1) is 12.5. The number of hydrogen-bond acceptors (Lipinski definition) is 1. The van der Waals surface area contributed by atoms with Crippen molar-refractivity contribution in [2.75, 3.05) is 5.73 Å². The van der Waals surface area contributed by atoms with Gasteiger partial charge in [0.2, 0.25) is 0 Å². The van der Waals surface area contributed by atoms with Crippen molar-refractivity contribution in [2.24, 2.45) is 0 Å². The molecule has 23 heavy (non-hydrogen) atoms. The molecule has 0 saturated carbocycles. The lowest BCUT2D eigenvalue weighted by Crippen LogP contribution is -1.87. The Kier molecular flexibility index (Phi) is 2.42. The number of nitrogens with two attached hydrogens (primary N) is 1. The van der Waals surface area contributed by atoms with Crippen LogP contribution >= 0.6 is 0 Å². The largest absolute Gasteiger partial charge is 0.399 e. The molecule has 0 spiro atoms. The lowest BCUT2D eigenvalue weighted by atomic mass is 9.92. The Morgan fingerprint density at radius 3 is 1.61 bits per heavy atom. The maximum Gasteiger partial charge on any atom is 0.0320 e. The van der Waals surface area contributed by atoms with E-state index < -0.39 is 0 Å². The van der Waals surface area contributed by atoms with Gasteiger partial charge in [0.05, 0.1) is 0 Å². The fraction of sp³-hybridized carbons (Fsp3) is 0. The summed E-state index contributed by atoms with van der Waals surface area (Å²) in [5, 5.41) is 10.2. The first-order valence-electron chi connectivity index (χ1n) is 7.84. The Bertz CT molecular complexity index is 1220. The zero-order valence-corrected chi connectivity index (χ0v) is 12.6. The molecule has 5 aromatic carbocycles. The first-order chi connectivity index (χ1) is 11.3. The Balaban J connectivity index is 2.16. The van der Waals surface area contributed by atoms with E-state index in [9.17, 15) is 0 Å². The monoisotopic (exact) mass is 293 g/mol. The number of benzene rings is 5. The van der Waals surface area contributed by atoms with Crippen molar-refractivity contribution < 1.29 is 0 Å². The van der Waals surface area contributed by atoms with E-state index in [1.54, 1.807) is 0 Å². The van der Waals surface area contributed by atoms with Crippen LogP contribution in [0, 0.1) is 0 Å². The first-order valence-corrected chi connectivity index (χ1v) is 7.84. The van der Waals surface area contributed by atoms with Crippen molar-refractivity contribution in [3.05, 3.63) is 78.9 Å². The van der Waals surface area contributed by atoms with Crippen LogP contribution in [0.5, 0.6) is 0 Å². The van der Waals surface area contributed by atoms with Gasteiger partial charge in [-0.3, -0.25) is 0 Å². The van der Waals surface area contributed by atoms with Crippen molar-refractivity contribution in [2.45, 2.75) is 0 Å². The molecule has 108 valence electrons. The molecule has 0 fully saturated rings. The summed E-state index contributed by atoms with van der Waals surface area (Å²) in [4.78, 5) is 0. The van der Waals surface area contributed by atoms with E-state index in [0.717, 1.165) is 5.69 Å². The highest BCUT2D eigenvalue weighted by atomic mass is 14.5. The lowest BCUT2D eigenvalue weighted by Gasteiger charge is -2.12. The van der Waals surface area contributed by atoms with Crippen LogP contribution in [0.15, 0.2) is 78.9 Å². The molecule has 0 atom stereocenters. The molecule has 0 aliphatic carbocycles. The average molecular weight is 293 g/mol. The maximum atomic E-state index is 6.07. The van der Waals surface area contributed by atoms with Gasteiger partial charge in [-0.05, 0) is 67.4 Å². The predicted octanol–water partition coefficient (Wildman–Crippen LogP) is 5.88. The summed E-state index contributed by atoms with van der Waals surface area (Å²) in [7, 11) is 0. The van der Waals surface area contributed by atoms with Crippen molar-refractivity contribution in [1.29, 1.82) is 0 Å². The van der Waals surface area contributed by atoms with Gasteiger partial charge in [0.25, 0.3) is 0 Å². The molecule has 0 radical (unpaired) electrons. The van der Waals surface area contributed by atoms with Gasteiger partial charge in [0.1, 0.15) is 0 Å². The molecule has 1 heteroatoms. The van der Waals surface area contributed by atoms with Crippen LogP contribution in [-0.2, 0) is 0 Å². The van der Waals surface area contributed by atoms with Gasteiger partial charge in [-0.1, -0.05) is 54.6 Å². The van der Waals surface area contributed by atoms with Gasteiger partial charge in [-0.2, -0.15) is 0 Å². The van der Waals surface area contributed by atoms with Crippen molar-refractivity contribution in [1.82, 2.24) is 0 Å². The zero-order valence-electron chi connectivity index (χ0n) is 12.6. The van der Waals surface area contributed by atoms with Crippen molar-refractivity contribution in [3.63, 3.8) is 0 Å². The minimum Gasteiger partial charge on any atom is -0.399 e. The van der Waals surface area contributed by atoms with E-state index in [-0.39, 0.29) is 0 Å². The quantitative estimate of drug-likeness (QED) is 0.215. The molecule has 5 rings (SSSR count). The molecule has 0 heterocycles. The average Bonchev–Trinajstić information content (AvgIpc) is 2.60. The predicted molar refractivity (Wildman–Crippen MR) is 101 cm³/mol. The van der Waals surface area contributed by atoms with Crippen LogP contribution < -0.4 is 5.73 Å². The van der Waals surface area contributed by atoms with E-state index in [1.165, 1.54) is 43.1 Å². The molecule has 0 aliphatic rings. The fourth-order valence-corrected chi connectivity index (χ4v) is 3.66. The van der Waals surface area contributed by atoms with E-state index in [1.807, 2.05) is 6.07 Å². The van der Waals surface area contributed by atoms with Gasteiger partial charge in [0, 0.05) is 5.69 Å². The molecule has 0 unspecified atom stereocenters. The minimum atomic E-state index is 0.808. The van der Waals surface area contributed by atoms with Gasteiger partial charge in [0.15, 0.2) is 0 Å². The van der Waals surface area contributed by atoms with Crippen molar-refractivity contribution >= 4 is 48.8 Å². The molecule has 2 N–H and O–H groups in total. The van der Waals surface area contributed by atoms with E-state index in [0.29, 0.717) is 0 Å². The molecule has 0 saturated heterocycles. The van der Waals surface area contributed by atoms with Gasteiger partial charge >= 0.3 is 0 Å². The minimum absolute atomic E-state index is 0.808. The number of anilines is 1. The SMILES string of the molecule is Nc1ccc2c3ccccc3c3cc4ccccc4cc3c2c1. The third-order valence-electron chi connectivity index (χ3n) is 4.73. The maximum absolute atomic E-state index is 6.07. The number of nitrogen functional groups attached to an aromatic ring is 1. The highest BCUT2D eigenvalue weighted by molar-refractivity contribution is 6.27. The Hall–Kier alpha value is -3.06. The van der Waals surface area contributed by atoms with E-state index >= 15 is 0 Å². The van der Waals surface area contributed by atoms with Gasteiger partial charge in [-0.25, -0.2) is 0 Å². The Morgan fingerprint density at radius 2 is 0.913 bits per heavy atom. The smallest absolute Gasteiger partial charge is 0.0320 e. The Morgan fingerprint density at radius 1 is 0.435 bits per heavy atom. The third-order valence-corrected chi connectivity index (χ3v) is 4.73. The second-order valence-corrected chi connectivity index (χ2v) is 6.10. The summed E-state index contributed by atoms with van der Waals surface area (Å²) in [6.07, 6.45) is 0. The summed E-state index contributed by atoms with van der Waals surface area (Å²) in [6, 6.07) is 28.0. The summed E-state index contributed by atoms with van der Waals surface area (Å²) in [6.45, 7) is 0. The second-order valence-electron chi connectivity index (χ2n) is 6.10. The molecule has 5 aromatic rings. The summed E-state index contributed by atoms with van der Waals surface area (Å²) >= 11 is 0. The van der Waals surface area contributed by atoms with E-state index in [2.05, 4.69) is 72.8 Å². The van der Waals surface area contributed by atoms with Crippen LogP contribution in [0.4, 0.5) is 5.69 Å². The Labute approximate surface area is 133 Å². The molecule has 0 aliphatic heterocycles. The van der Waals surface area contributed by atoms with Crippen LogP contribution in [0.1, 0.15) is 0 Å². The normalized spacial score (nSPS) is 11.7. The standard InChI is InChI=1S/C22H15N/c23-16-9-10-19-17-7-3-4-8-18(17)20-11-14-5-1-2-6-15(14)12-21(20)22(19)13-16/h1-13H,23H2. The fourth-order valence-electron chi connectivity index (χ4n) is 3.66. The molecular weight excluding hydrogens is 278 g/mol. The van der Waals surface area contributed by atoms with Gasteiger partial charge < -0.3 is 5.73 Å². The molecular formula is C22H15N. The zero-order chi connectivity index (χ0) is 15.4. The molecule has 1 nitrogen and oxygen atoms in total. The highest BCUT2D eigenvalue weighted by Gasteiger charge is 2.09. The topological polar surface area (TPSA) is 26.0 Å². The van der Waals surface area contributed by atoms with Crippen LogP contribution in [0.3, 0.4) is 0 Å². The lowest BCUT2D eigenvalue weighted by molar-refractivity contribution is 1.76. The van der Waals surface area contributed by atoms with Gasteiger partial charge in [-0.15, -0.1) is 0 Å². The summed E-state index contributed by atoms with van der Waals surface area (Å²) in [5.74, 6) is 0. The highest BCUT2D eigenvalue weighted by Crippen LogP contribution is 2.37. The number of rotatable bonds is 0. The summed E-state index contributed by atoms with van der Waals surface area (Å²) in [5.41, 5.74) is 6.88. The molecule has 0 aromatic heterocycles. The van der Waals surface area contributed by atoms with Crippen LogP contribution in [0.25, 0.3) is 43.1 Å². The third kappa shape index (κ3) is 1.74. The molecule has 0 bridgehead atoms. The molecule has 0 amide bonds. The number of fused-ring (bicyclic) bond motifs is 7. The van der Waals surface area contributed by atoms with E-state index in [4.69, 9.17) is 5.73 Å². The van der Waals surface area contributed by atoms with Crippen LogP contribution in [0.2, 0.25) is 0 Å². The second kappa shape index (κ2) is 4.47. The van der Waals surface area contributed by atoms with Crippen molar-refractivity contribution in [3.8, 4) is 0 Å². The summed E-state index contributed by atoms with van der Waals surface area (Å²) < 4.78 is 0. The number of hydrogen-bond donors (Lipinski definition) is 1. The van der Waals surface area contributed by atoms with Crippen LogP contribution in [-0.4, -0.2) is 0 Å².